The van der Waals surface area contributed by atoms with E-state index < -0.39 is 0 Å². The van der Waals surface area contributed by atoms with Crippen LogP contribution in [-0.4, -0.2) is 35.7 Å². The lowest BCUT2D eigenvalue weighted by atomic mass is 10.2. The Morgan fingerprint density at radius 1 is 1.71 bits per heavy atom. The Labute approximate surface area is 118 Å². The van der Waals surface area contributed by atoms with Gasteiger partial charge in [-0.3, -0.25) is 4.90 Å². The number of halogens is 3. The van der Waals surface area contributed by atoms with Crippen molar-refractivity contribution in [1.82, 2.24) is 9.88 Å². The molecule has 94 valence electrons. The summed E-state index contributed by atoms with van der Waals surface area (Å²) in [5.41, 5.74) is 0.413. The zero-order valence-electron chi connectivity index (χ0n) is 9.42. The molecule has 0 radical (unpaired) electrons. The SMILES string of the molecule is C[C@@H]1CN(Cc2nc(Cl)cc(I)c2F)CCO1. The van der Waals surface area contributed by atoms with Crippen LogP contribution in [0.3, 0.4) is 0 Å². The van der Waals surface area contributed by atoms with Gasteiger partial charge in [0.25, 0.3) is 0 Å². The fraction of sp³-hybridized carbons (Fsp3) is 0.545. The lowest BCUT2D eigenvalue weighted by Gasteiger charge is -2.30. The molecule has 2 rings (SSSR count). The summed E-state index contributed by atoms with van der Waals surface area (Å²) in [5, 5.41) is 0.340. The van der Waals surface area contributed by atoms with Crippen LogP contribution >= 0.6 is 34.2 Å². The van der Waals surface area contributed by atoms with E-state index in [9.17, 15) is 4.39 Å². The Bertz CT molecular complexity index is 419. The number of nitrogens with zero attached hydrogens (tertiary/aromatic N) is 2. The zero-order chi connectivity index (χ0) is 12.4. The van der Waals surface area contributed by atoms with Gasteiger partial charge in [-0.2, -0.15) is 0 Å². The minimum Gasteiger partial charge on any atom is -0.376 e. The van der Waals surface area contributed by atoms with Crippen LogP contribution in [0.15, 0.2) is 6.07 Å². The highest BCUT2D eigenvalue weighted by Gasteiger charge is 2.19. The third kappa shape index (κ3) is 3.49. The van der Waals surface area contributed by atoms with Crippen LogP contribution in [0.25, 0.3) is 0 Å². The average molecular weight is 371 g/mol. The number of pyridine rings is 1. The van der Waals surface area contributed by atoms with Gasteiger partial charge in [0.05, 0.1) is 22.0 Å². The average Bonchev–Trinajstić information content (AvgIpc) is 2.25. The Morgan fingerprint density at radius 2 is 2.47 bits per heavy atom. The fourth-order valence-electron chi connectivity index (χ4n) is 1.87. The highest BCUT2D eigenvalue weighted by molar-refractivity contribution is 14.1. The molecule has 1 aromatic heterocycles. The predicted octanol–water partition coefficient (Wildman–Crippen LogP) is 2.70. The monoisotopic (exact) mass is 370 g/mol. The van der Waals surface area contributed by atoms with E-state index in [4.69, 9.17) is 16.3 Å². The van der Waals surface area contributed by atoms with E-state index in [2.05, 4.69) is 9.88 Å². The fourth-order valence-corrected chi connectivity index (χ4v) is 2.87. The van der Waals surface area contributed by atoms with Gasteiger partial charge in [0, 0.05) is 19.6 Å². The van der Waals surface area contributed by atoms with Gasteiger partial charge in [0.1, 0.15) is 5.15 Å². The van der Waals surface area contributed by atoms with Gasteiger partial charge in [0.15, 0.2) is 5.82 Å². The molecule has 0 unspecified atom stereocenters. The first kappa shape index (κ1) is 13.5. The quantitative estimate of drug-likeness (QED) is 0.591. The molecular weight excluding hydrogens is 357 g/mol. The van der Waals surface area contributed by atoms with Crippen molar-refractivity contribution in [3.63, 3.8) is 0 Å². The number of morpholine rings is 1. The molecule has 3 nitrogen and oxygen atoms in total. The second-order valence-corrected chi connectivity index (χ2v) is 5.65. The van der Waals surface area contributed by atoms with Gasteiger partial charge >= 0.3 is 0 Å². The van der Waals surface area contributed by atoms with Crippen LogP contribution in [0.1, 0.15) is 12.6 Å². The smallest absolute Gasteiger partial charge is 0.159 e. The molecule has 1 saturated heterocycles. The van der Waals surface area contributed by atoms with Crippen LogP contribution in [0.2, 0.25) is 5.15 Å². The highest BCUT2D eigenvalue weighted by Crippen LogP contribution is 2.20. The summed E-state index contributed by atoms with van der Waals surface area (Å²) in [5.74, 6) is -0.269. The maximum atomic E-state index is 13.8. The third-order valence-electron chi connectivity index (χ3n) is 2.65. The zero-order valence-corrected chi connectivity index (χ0v) is 12.3. The number of aromatic nitrogens is 1. The summed E-state index contributed by atoms with van der Waals surface area (Å²) in [4.78, 5) is 6.19. The van der Waals surface area contributed by atoms with Crippen molar-refractivity contribution in [1.29, 1.82) is 0 Å². The van der Waals surface area contributed by atoms with Gasteiger partial charge in [-0.1, -0.05) is 11.6 Å². The molecule has 1 aromatic rings. The van der Waals surface area contributed by atoms with E-state index in [-0.39, 0.29) is 11.9 Å². The molecule has 6 heteroatoms. The van der Waals surface area contributed by atoms with Gasteiger partial charge < -0.3 is 4.74 Å². The first-order valence-electron chi connectivity index (χ1n) is 5.40. The number of hydrogen-bond acceptors (Lipinski definition) is 3. The van der Waals surface area contributed by atoms with E-state index >= 15 is 0 Å². The summed E-state index contributed by atoms with van der Waals surface area (Å²) < 4.78 is 19.8. The Morgan fingerprint density at radius 3 is 3.18 bits per heavy atom. The molecule has 0 spiro atoms. The highest BCUT2D eigenvalue weighted by atomic mass is 127. The van der Waals surface area contributed by atoms with Crippen molar-refractivity contribution < 1.29 is 9.13 Å². The van der Waals surface area contributed by atoms with E-state index in [0.717, 1.165) is 13.1 Å². The molecule has 0 bridgehead atoms. The number of ether oxygens (including phenoxy) is 1. The molecule has 0 N–H and O–H groups in total. The lowest BCUT2D eigenvalue weighted by Crippen LogP contribution is -2.40. The summed E-state index contributed by atoms with van der Waals surface area (Å²) in [6, 6.07) is 1.53. The van der Waals surface area contributed by atoms with Crippen LogP contribution in [0.5, 0.6) is 0 Å². The molecule has 0 saturated carbocycles. The van der Waals surface area contributed by atoms with Crippen molar-refractivity contribution in [3.05, 3.63) is 26.3 Å². The second-order valence-electron chi connectivity index (χ2n) is 4.10. The van der Waals surface area contributed by atoms with Gasteiger partial charge in [-0.15, -0.1) is 0 Å². The summed E-state index contributed by atoms with van der Waals surface area (Å²) >= 11 is 7.77. The molecule has 2 heterocycles. The normalized spacial score (nSPS) is 21.8. The summed E-state index contributed by atoms with van der Waals surface area (Å²) in [6.45, 7) is 4.77. The molecule has 1 fully saturated rings. The van der Waals surface area contributed by atoms with Crippen LogP contribution < -0.4 is 0 Å². The summed E-state index contributed by atoms with van der Waals surface area (Å²) in [6.07, 6.45) is 0.185. The predicted molar refractivity (Wildman–Crippen MR) is 72.6 cm³/mol. The topological polar surface area (TPSA) is 25.4 Å². The molecule has 0 aliphatic carbocycles. The molecule has 0 aromatic carbocycles. The number of rotatable bonds is 2. The Hall–Kier alpha value is 0.0200. The second kappa shape index (κ2) is 5.77. The largest absolute Gasteiger partial charge is 0.376 e. The van der Waals surface area contributed by atoms with Crippen molar-refractivity contribution in [3.8, 4) is 0 Å². The maximum Gasteiger partial charge on any atom is 0.159 e. The molecular formula is C11H13ClFIN2O. The summed E-state index contributed by atoms with van der Waals surface area (Å²) in [7, 11) is 0. The maximum absolute atomic E-state index is 13.8. The van der Waals surface area contributed by atoms with E-state index in [1.54, 1.807) is 0 Å². The van der Waals surface area contributed by atoms with E-state index in [1.807, 2.05) is 29.5 Å². The first-order chi connectivity index (χ1) is 8.06. The van der Waals surface area contributed by atoms with Crippen LogP contribution in [0, 0.1) is 9.39 Å². The van der Waals surface area contributed by atoms with Crippen LogP contribution in [0.4, 0.5) is 4.39 Å². The van der Waals surface area contributed by atoms with Crippen molar-refractivity contribution in [2.24, 2.45) is 0 Å². The van der Waals surface area contributed by atoms with Crippen molar-refractivity contribution in [2.75, 3.05) is 19.7 Å². The first-order valence-corrected chi connectivity index (χ1v) is 6.86. The minimum absolute atomic E-state index is 0.185. The number of hydrogen-bond donors (Lipinski definition) is 0. The lowest BCUT2D eigenvalue weighted by molar-refractivity contribution is -0.0219. The Kier molecular flexibility index (Phi) is 4.57. The van der Waals surface area contributed by atoms with E-state index in [1.165, 1.54) is 6.07 Å². The molecule has 1 aliphatic rings. The van der Waals surface area contributed by atoms with E-state index in [0.29, 0.717) is 27.6 Å². The van der Waals surface area contributed by atoms with Gasteiger partial charge in [-0.05, 0) is 35.6 Å². The molecule has 1 atom stereocenters. The third-order valence-corrected chi connectivity index (χ3v) is 3.63. The standard InChI is InChI=1S/C11H13ClFIN2O/c1-7-5-16(2-3-17-7)6-9-11(13)8(14)4-10(12)15-9/h4,7H,2-3,5-6H2,1H3/t7-/m1/s1. The van der Waals surface area contributed by atoms with Crippen molar-refractivity contribution in [2.45, 2.75) is 19.6 Å². The molecule has 1 aliphatic heterocycles. The molecule has 0 amide bonds. The Balaban J connectivity index is 2.12. The van der Waals surface area contributed by atoms with Crippen LogP contribution in [-0.2, 0) is 11.3 Å². The van der Waals surface area contributed by atoms with Crippen molar-refractivity contribution >= 4 is 34.2 Å². The minimum atomic E-state index is -0.269. The molecule has 17 heavy (non-hydrogen) atoms. The van der Waals surface area contributed by atoms with Gasteiger partial charge in [0.2, 0.25) is 0 Å². The van der Waals surface area contributed by atoms with Gasteiger partial charge in [-0.25, -0.2) is 9.37 Å².